The number of rotatable bonds is 5. The molecule has 1 saturated heterocycles. The number of carbonyl (C=O) groups is 1. The van der Waals surface area contributed by atoms with Gasteiger partial charge in [0.15, 0.2) is 0 Å². The minimum Gasteiger partial charge on any atom is -0.465 e. The lowest BCUT2D eigenvalue weighted by Crippen LogP contribution is -2.38. The van der Waals surface area contributed by atoms with Crippen LogP contribution in [0.15, 0.2) is 54.6 Å². The van der Waals surface area contributed by atoms with Gasteiger partial charge in [-0.05, 0) is 49.5 Å². The lowest BCUT2D eigenvalue weighted by atomic mass is 9.98. The molecule has 1 aliphatic heterocycles. The number of hydrogen-bond acceptors (Lipinski definition) is 3. The van der Waals surface area contributed by atoms with Gasteiger partial charge in [-0.2, -0.15) is 0 Å². The maximum absolute atomic E-state index is 12.5. The molecule has 1 atom stereocenters. The summed E-state index contributed by atoms with van der Waals surface area (Å²) >= 11 is 0. The van der Waals surface area contributed by atoms with Crippen molar-refractivity contribution < 1.29 is 9.53 Å². The van der Waals surface area contributed by atoms with Gasteiger partial charge in [0.1, 0.15) is 6.04 Å². The fourth-order valence-corrected chi connectivity index (χ4v) is 3.38. The molecule has 2 aromatic carbocycles. The molecule has 1 heterocycles. The lowest BCUT2D eigenvalue weighted by molar-refractivity contribution is -0.150. The molecule has 3 rings (SSSR count). The topological polar surface area (TPSA) is 29.5 Å². The largest absolute Gasteiger partial charge is 0.465 e. The molecule has 0 aromatic heterocycles. The summed E-state index contributed by atoms with van der Waals surface area (Å²) in [5.74, 6) is -0.133. The fraction of sp³-hybridized carbons (Fsp3) is 0.381. The molecule has 0 N–H and O–H groups in total. The zero-order valence-corrected chi connectivity index (χ0v) is 14.3. The SMILES string of the molecule is CCOC(=O)[C@H](c1ccc(-c2ccccc2)cc1)N1CCCCC1. The monoisotopic (exact) mass is 323 g/mol. The van der Waals surface area contributed by atoms with Gasteiger partial charge in [0.25, 0.3) is 0 Å². The molecule has 0 aliphatic carbocycles. The van der Waals surface area contributed by atoms with Crippen LogP contribution in [-0.2, 0) is 9.53 Å². The van der Waals surface area contributed by atoms with Crippen LogP contribution in [-0.4, -0.2) is 30.6 Å². The number of hydrogen-bond donors (Lipinski definition) is 0. The third-order valence-electron chi connectivity index (χ3n) is 4.60. The highest BCUT2D eigenvalue weighted by Crippen LogP contribution is 2.28. The number of piperidine rings is 1. The number of benzene rings is 2. The Morgan fingerprint density at radius 1 is 0.958 bits per heavy atom. The number of ether oxygens (including phenoxy) is 1. The Bertz CT molecular complexity index is 645. The molecular weight excluding hydrogens is 298 g/mol. The second-order valence-electron chi connectivity index (χ2n) is 6.24. The second-order valence-corrected chi connectivity index (χ2v) is 6.24. The minimum atomic E-state index is -0.282. The molecule has 0 bridgehead atoms. The van der Waals surface area contributed by atoms with E-state index in [1.54, 1.807) is 0 Å². The highest BCUT2D eigenvalue weighted by molar-refractivity contribution is 5.78. The Kier molecular flexibility index (Phi) is 5.65. The summed E-state index contributed by atoms with van der Waals surface area (Å²) in [4.78, 5) is 14.8. The average Bonchev–Trinajstić information content (AvgIpc) is 2.64. The Hall–Kier alpha value is -2.13. The molecule has 0 amide bonds. The van der Waals surface area contributed by atoms with E-state index in [2.05, 4.69) is 41.3 Å². The van der Waals surface area contributed by atoms with Crippen molar-refractivity contribution in [3.63, 3.8) is 0 Å². The first kappa shape index (κ1) is 16.7. The Balaban J connectivity index is 1.85. The molecule has 2 aromatic rings. The lowest BCUT2D eigenvalue weighted by Gasteiger charge is -2.33. The summed E-state index contributed by atoms with van der Waals surface area (Å²) in [6, 6.07) is 18.3. The first-order chi connectivity index (χ1) is 11.8. The standard InChI is InChI=1S/C21H25NO2/c1-2-24-21(23)20(22-15-7-4-8-16-22)19-13-11-18(12-14-19)17-9-5-3-6-10-17/h3,5-6,9-14,20H,2,4,7-8,15-16H2,1H3/t20-/m0/s1. The van der Waals surface area contributed by atoms with Gasteiger partial charge in [-0.3, -0.25) is 4.90 Å². The quantitative estimate of drug-likeness (QED) is 0.762. The molecule has 3 nitrogen and oxygen atoms in total. The van der Waals surface area contributed by atoms with Crippen molar-refractivity contribution in [2.45, 2.75) is 32.2 Å². The van der Waals surface area contributed by atoms with Crippen LogP contribution in [0.3, 0.4) is 0 Å². The summed E-state index contributed by atoms with van der Waals surface area (Å²) in [5, 5.41) is 0. The van der Waals surface area contributed by atoms with E-state index in [0.29, 0.717) is 6.61 Å². The Labute approximate surface area is 144 Å². The van der Waals surface area contributed by atoms with Crippen LogP contribution in [0.4, 0.5) is 0 Å². The van der Waals surface area contributed by atoms with Gasteiger partial charge in [-0.25, -0.2) is 4.79 Å². The first-order valence-electron chi connectivity index (χ1n) is 8.85. The molecule has 0 radical (unpaired) electrons. The number of carbonyl (C=O) groups excluding carboxylic acids is 1. The van der Waals surface area contributed by atoms with Crippen LogP contribution < -0.4 is 0 Å². The average molecular weight is 323 g/mol. The van der Waals surface area contributed by atoms with E-state index >= 15 is 0 Å². The highest BCUT2D eigenvalue weighted by Gasteiger charge is 2.29. The molecule has 0 unspecified atom stereocenters. The molecule has 24 heavy (non-hydrogen) atoms. The second kappa shape index (κ2) is 8.11. The van der Waals surface area contributed by atoms with Crippen molar-refractivity contribution >= 4 is 5.97 Å². The van der Waals surface area contributed by atoms with Gasteiger partial charge < -0.3 is 4.74 Å². The third kappa shape index (κ3) is 3.85. The van der Waals surface area contributed by atoms with Crippen LogP contribution in [0.5, 0.6) is 0 Å². The molecule has 0 spiro atoms. The van der Waals surface area contributed by atoms with Crippen LogP contribution in [0.2, 0.25) is 0 Å². The zero-order valence-electron chi connectivity index (χ0n) is 14.3. The van der Waals surface area contributed by atoms with Crippen molar-refractivity contribution in [3.8, 4) is 11.1 Å². The van der Waals surface area contributed by atoms with Gasteiger partial charge in [0.05, 0.1) is 6.61 Å². The molecule has 126 valence electrons. The molecule has 3 heteroatoms. The van der Waals surface area contributed by atoms with Crippen molar-refractivity contribution in [3.05, 3.63) is 60.2 Å². The van der Waals surface area contributed by atoms with Crippen molar-refractivity contribution in [1.82, 2.24) is 4.90 Å². The van der Waals surface area contributed by atoms with E-state index in [0.717, 1.165) is 31.5 Å². The molecule has 1 aliphatic rings. The van der Waals surface area contributed by atoms with Crippen LogP contribution in [0, 0.1) is 0 Å². The predicted octanol–water partition coefficient (Wildman–Crippen LogP) is 4.44. The van der Waals surface area contributed by atoms with Gasteiger partial charge in [-0.1, -0.05) is 61.0 Å². The minimum absolute atomic E-state index is 0.133. The zero-order chi connectivity index (χ0) is 16.8. The number of likely N-dealkylation sites (tertiary alicyclic amines) is 1. The molecule has 1 fully saturated rings. The van der Waals surface area contributed by atoms with Crippen molar-refractivity contribution in [2.24, 2.45) is 0 Å². The van der Waals surface area contributed by atoms with Gasteiger partial charge in [-0.15, -0.1) is 0 Å². The van der Waals surface area contributed by atoms with Crippen molar-refractivity contribution in [1.29, 1.82) is 0 Å². The van der Waals surface area contributed by atoms with Crippen LogP contribution >= 0.6 is 0 Å². The maximum atomic E-state index is 12.5. The third-order valence-corrected chi connectivity index (χ3v) is 4.60. The van der Waals surface area contributed by atoms with E-state index in [4.69, 9.17) is 4.74 Å². The molecular formula is C21H25NO2. The summed E-state index contributed by atoms with van der Waals surface area (Å²) in [5.41, 5.74) is 3.38. The number of esters is 1. The van der Waals surface area contributed by atoms with E-state index in [9.17, 15) is 4.79 Å². The Morgan fingerprint density at radius 3 is 2.21 bits per heavy atom. The van der Waals surface area contributed by atoms with Crippen LogP contribution in [0.1, 0.15) is 37.8 Å². The van der Waals surface area contributed by atoms with E-state index in [1.165, 1.54) is 17.5 Å². The summed E-state index contributed by atoms with van der Waals surface area (Å²) in [7, 11) is 0. The summed E-state index contributed by atoms with van der Waals surface area (Å²) in [6.07, 6.45) is 3.55. The van der Waals surface area contributed by atoms with Gasteiger partial charge in [0.2, 0.25) is 0 Å². The van der Waals surface area contributed by atoms with Gasteiger partial charge >= 0.3 is 5.97 Å². The van der Waals surface area contributed by atoms with Crippen molar-refractivity contribution in [2.75, 3.05) is 19.7 Å². The maximum Gasteiger partial charge on any atom is 0.327 e. The number of nitrogens with zero attached hydrogens (tertiary/aromatic N) is 1. The fourth-order valence-electron chi connectivity index (χ4n) is 3.38. The highest BCUT2D eigenvalue weighted by atomic mass is 16.5. The smallest absolute Gasteiger partial charge is 0.327 e. The van der Waals surface area contributed by atoms with E-state index in [1.807, 2.05) is 25.1 Å². The Morgan fingerprint density at radius 2 is 1.58 bits per heavy atom. The molecule has 0 saturated carbocycles. The van der Waals surface area contributed by atoms with Crippen LogP contribution in [0.25, 0.3) is 11.1 Å². The van der Waals surface area contributed by atoms with E-state index < -0.39 is 0 Å². The predicted molar refractivity (Wildman–Crippen MR) is 96.7 cm³/mol. The van der Waals surface area contributed by atoms with E-state index in [-0.39, 0.29) is 12.0 Å². The normalized spacial score (nSPS) is 16.5. The summed E-state index contributed by atoms with van der Waals surface area (Å²) in [6.45, 7) is 4.21. The van der Waals surface area contributed by atoms with Gasteiger partial charge in [0, 0.05) is 0 Å². The summed E-state index contributed by atoms with van der Waals surface area (Å²) < 4.78 is 5.35. The first-order valence-corrected chi connectivity index (χ1v) is 8.85.